The fourth-order valence-corrected chi connectivity index (χ4v) is 4.30. The highest BCUT2D eigenvalue weighted by Gasteiger charge is 2.35. The number of benzene rings is 1. The van der Waals surface area contributed by atoms with Gasteiger partial charge in [0.25, 0.3) is 11.5 Å². The number of carboxylic acids is 1. The van der Waals surface area contributed by atoms with Crippen LogP contribution in [0.15, 0.2) is 53.6 Å². The molecule has 0 unspecified atom stereocenters. The van der Waals surface area contributed by atoms with Gasteiger partial charge in [-0.05, 0) is 18.2 Å². The zero-order valence-electron chi connectivity index (χ0n) is 14.6. The lowest BCUT2D eigenvalue weighted by Gasteiger charge is -2.13. The second-order valence-corrected chi connectivity index (χ2v) is 7.26. The van der Waals surface area contributed by atoms with Crippen molar-refractivity contribution in [3.8, 4) is 11.4 Å². The zero-order chi connectivity index (χ0) is 20.1. The van der Waals surface area contributed by atoms with E-state index in [2.05, 4.69) is 15.1 Å². The molecule has 0 spiro atoms. The van der Waals surface area contributed by atoms with Gasteiger partial charge in [0.1, 0.15) is 11.1 Å². The third-order valence-electron chi connectivity index (χ3n) is 4.54. The van der Waals surface area contributed by atoms with Gasteiger partial charge in [-0.25, -0.2) is 0 Å². The summed E-state index contributed by atoms with van der Waals surface area (Å²) >= 11 is 1.05. The van der Waals surface area contributed by atoms with Gasteiger partial charge in [-0.15, -0.1) is 5.10 Å². The van der Waals surface area contributed by atoms with Crippen molar-refractivity contribution in [3.05, 3.63) is 69.2 Å². The van der Waals surface area contributed by atoms with Crippen LogP contribution in [0.25, 0.3) is 21.9 Å². The van der Waals surface area contributed by atoms with Crippen LogP contribution in [0.3, 0.4) is 0 Å². The third-order valence-corrected chi connectivity index (χ3v) is 5.57. The molecule has 1 N–H and O–H groups in total. The van der Waals surface area contributed by atoms with Crippen molar-refractivity contribution >= 4 is 39.4 Å². The first kappa shape index (κ1) is 17.2. The lowest BCUT2D eigenvalue weighted by Crippen LogP contribution is -2.35. The zero-order valence-corrected chi connectivity index (χ0v) is 15.5. The Hall–Kier alpha value is -3.92. The van der Waals surface area contributed by atoms with E-state index in [4.69, 9.17) is 5.11 Å². The van der Waals surface area contributed by atoms with Gasteiger partial charge in [0, 0.05) is 23.5 Å². The largest absolute Gasteiger partial charge is 0.480 e. The Morgan fingerprint density at radius 2 is 1.86 bits per heavy atom. The van der Waals surface area contributed by atoms with Gasteiger partial charge in [0.2, 0.25) is 4.96 Å². The molecule has 1 amide bonds. The Kier molecular flexibility index (Phi) is 3.74. The predicted molar refractivity (Wildman–Crippen MR) is 105 cm³/mol. The Bertz CT molecular complexity index is 1410. The lowest BCUT2D eigenvalue weighted by atomic mass is 10.1. The number of hydrogen-bond acceptors (Lipinski definition) is 7. The molecule has 0 saturated carbocycles. The van der Waals surface area contributed by atoms with Crippen molar-refractivity contribution in [2.45, 2.75) is 0 Å². The van der Waals surface area contributed by atoms with E-state index in [1.54, 1.807) is 48.8 Å². The molecule has 0 fully saturated rings. The first-order valence-corrected chi connectivity index (χ1v) is 9.33. The third kappa shape index (κ3) is 2.61. The number of thiazole rings is 1. The van der Waals surface area contributed by atoms with Crippen LogP contribution in [0.4, 0.5) is 5.69 Å². The summed E-state index contributed by atoms with van der Waals surface area (Å²) in [6, 6.07) is 10.3. The number of carbonyl (C=O) groups is 2. The van der Waals surface area contributed by atoms with Crippen molar-refractivity contribution in [2.75, 3.05) is 11.4 Å². The van der Waals surface area contributed by atoms with Crippen LogP contribution in [0.2, 0.25) is 0 Å². The SMILES string of the molecule is O=C(O)CN1C(=O)C(=c2sc3nc(-c4ccncc4)nn3c2=O)c2ccccc21. The molecule has 1 aliphatic rings. The van der Waals surface area contributed by atoms with Gasteiger partial charge in [-0.2, -0.15) is 9.50 Å². The van der Waals surface area contributed by atoms with Crippen LogP contribution in [-0.2, 0) is 9.59 Å². The number of fused-ring (bicyclic) bond motifs is 2. The average Bonchev–Trinajstić information content (AvgIpc) is 3.35. The highest BCUT2D eigenvalue weighted by Crippen LogP contribution is 2.34. The van der Waals surface area contributed by atoms with Gasteiger partial charge in [-0.1, -0.05) is 29.5 Å². The molecule has 142 valence electrons. The molecule has 0 saturated heterocycles. The van der Waals surface area contributed by atoms with Gasteiger partial charge < -0.3 is 5.11 Å². The molecule has 5 rings (SSSR count). The van der Waals surface area contributed by atoms with Crippen LogP contribution in [0.1, 0.15) is 5.56 Å². The maximum atomic E-state index is 13.0. The lowest BCUT2D eigenvalue weighted by molar-refractivity contribution is -0.136. The molecular weight excluding hydrogens is 394 g/mol. The number of carbonyl (C=O) groups excluding carboxylic acids is 1. The van der Waals surface area contributed by atoms with Gasteiger partial charge in [0.15, 0.2) is 5.82 Å². The summed E-state index contributed by atoms with van der Waals surface area (Å²) in [5.74, 6) is -1.27. The van der Waals surface area contributed by atoms with E-state index >= 15 is 0 Å². The Balaban J connectivity index is 1.73. The van der Waals surface area contributed by atoms with Crippen LogP contribution in [0, 0.1) is 0 Å². The Labute approximate surface area is 166 Å². The monoisotopic (exact) mass is 405 g/mol. The first-order valence-electron chi connectivity index (χ1n) is 8.52. The second kappa shape index (κ2) is 6.31. The quantitative estimate of drug-likeness (QED) is 0.529. The molecule has 4 aromatic rings. The van der Waals surface area contributed by atoms with Crippen LogP contribution in [0.5, 0.6) is 0 Å². The van der Waals surface area contributed by atoms with Gasteiger partial charge in [0.05, 0.1) is 11.3 Å². The second-order valence-electron chi connectivity index (χ2n) is 6.28. The fraction of sp³-hybridized carbons (Fsp3) is 0.0526. The summed E-state index contributed by atoms with van der Waals surface area (Å²) < 4.78 is 1.35. The fourth-order valence-electron chi connectivity index (χ4n) is 3.30. The average molecular weight is 405 g/mol. The molecule has 9 nitrogen and oxygen atoms in total. The summed E-state index contributed by atoms with van der Waals surface area (Å²) in [7, 11) is 0. The molecule has 0 radical (unpaired) electrons. The minimum absolute atomic E-state index is 0.176. The van der Waals surface area contributed by atoms with E-state index in [-0.39, 0.29) is 10.1 Å². The number of aliphatic carboxylic acids is 1. The molecule has 29 heavy (non-hydrogen) atoms. The summed E-state index contributed by atoms with van der Waals surface area (Å²) in [6.45, 7) is -0.486. The van der Waals surface area contributed by atoms with Crippen molar-refractivity contribution in [3.63, 3.8) is 0 Å². The van der Waals surface area contributed by atoms with Gasteiger partial charge in [-0.3, -0.25) is 24.3 Å². The number of rotatable bonds is 3. The Morgan fingerprint density at radius 3 is 2.59 bits per heavy atom. The van der Waals surface area contributed by atoms with E-state index in [0.29, 0.717) is 22.0 Å². The number of nitrogens with zero attached hydrogens (tertiary/aromatic N) is 5. The molecule has 1 aromatic carbocycles. The number of carboxylic acid groups (broad SMARTS) is 1. The molecule has 0 atom stereocenters. The minimum Gasteiger partial charge on any atom is -0.480 e. The molecule has 1 aliphatic heterocycles. The number of hydrogen-bond donors (Lipinski definition) is 1. The number of anilines is 1. The van der Waals surface area contributed by atoms with Crippen molar-refractivity contribution in [2.24, 2.45) is 0 Å². The van der Waals surface area contributed by atoms with Crippen molar-refractivity contribution < 1.29 is 14.7 Å². The van der Waals surface area contributed by atoms with Crippen molar-refractivity contribution in [1.29, 1.82) is 0 Å². The molecule has 10 heteroatoms. The minimum atomic E-state index is -1.14. The smallest absolute Gasteiger partial charge is 0.323 e. The number of amides is 1. The van der Waals surface area contributed by atoms with E-state index in [9.17, 15) is 14.4 Å². The number of aromatic nitrogens is 4. The predicted octanol–water partition coefficient (Wildman–Crippen LogP) is 0.562. The Morgan fingerprint density at radius 1 is 1.10 bits per heavy atom. The maximum Gasteiger partial charge on any atom is 0.323 e. The summed E-state index contributed by atoms with van der Waals surface area (Å²) in [5.41, 5.74) is 1.42. The van der Waals surface area contributed by atoms with Gasteiger partial charge >= 0.3 is 5.97 Å². The van der Waals surface area contributed by atoms with Crippen LogP contribution >= 0.6 is 11.3 Å². The van der Waals surface area contributed by atoms with E-state index in [1.165, 1.54) is 4.52 Å². The topological polar surface area (TPSA) is 118 Å². The first-order chi connectivity index (χ1) is 14.0. The normalized spacial score (nSPS) is 15.2. The number of pyridine rings is 1. The molecule has 0 bridgehead atoms. The maximum absolute atomic E-state index is 13.0. The molecular formula is C19H11N5O4S. The highest BCUT2D eigenvalue weighted by atomic mass is 32.1. The molecule has 3 aromatic heterocycles. The molecule has 4 heterocycles. The summed E-state index contributed by atoms with van der Waals surface area (Å²) in [5, 5.41) is 13.4. The van der Waals surface area contributed by atoms with Crippen LogP contribution < -0.4 is 15.0 Å². The number of para-hydroxylation sites is 1. The van der Waals surface area contributed by atoms with E-state index < -0.39 is 24.0 Å². The van der Waals surface area contributed by atoms with E-state index in [0.717, 1.165) is 21.8 Å². The van der Waals surface area contributed by atoms with Crippen LogP contribution in [-0.4, -0.2) is 43.1 Å². The summed E-state index contributed by atoms with van der Waals surface area (Å²) in [4.78, 5) is 47.0. The highest BCUT2D eigenvalue weighted by molar-refractivity contribution is 7.15. The standard InChI is InChI=1S/C19H11N5O4S/c25-13(26)9-23-12-4-2-1-3-11(12)14(17(23)27)15-18(28)24-19(29-15)21-16(22-24)10-5-7-20-8-6-10/h1-8H,9H2,(H,25,26). The van der Waals surface area contributed by atoms with Crippen molar-refractivity contribution in [1.82, 2.24) is 19.6 Å². The summed E-state index contributed by atoms with van der Waals surface area (Å²) in [6.07, 6.45) is 3.21. The van der Waals surface area contributed by atoms with E-state index in [1.807, 2.05) is 0 Å². The molecule has 0 aliphatic carbocycles.